The van der Waals surface area contributed by atoms with Gasteiger partial charge in [-0.15, -0.1) is 0 Å². The molecule has 1 fully saturated rings. The van der Waals surface area contributed by atoms with Gasteiger partial charge in [0, 0.05) is 18.2 Å². The fourth-order valence-corrected chi connectivity index (χ4v) is 3.39. The zero-order valence-corrected chi connectivity index (χ0v) is 9.82. The van der Waals surface area contributed by atoms with E-state index in [-0.39, 0.29) is 12.6 Å². The molecule has 0 aromatic rings. The summed E-state index contributed by atoms with van der Waals surface area (Å²) in [7, 11) is 8.40. The van der Waals surface area contributed by atoms with Crippen LogP contribution in [-0.4, -0.2) is 51.4 Å². The summed E-state index contributed by atoms with van der Waals surface area (Å²) in [6.07, 6.45) is 1.31. The maximum absolute atomic E-state index is 11.8. The van der Waals surface area contributed by atoms with Crippen molar-refractivity contribution in [2.24, 2.45) is 0 Å². The van der Waals surface area contributed by atoms with Crippen molar-refractivity contribution in [1.82, 2.24) is 5.09 Å². The minimum Gasteiger partial charge on any atom is -0.394 e. The minimum absolute atomic E-state index is 0.141. The van der Waals surface area contributed by atoms with Gasteiger partial charge in [-0.25, -0.2) is 0 Å². The molecule has 4 radical (unpaired) electrons. The van der Waals surface area contributed by atoms with Gasteiger partial charge in [0.15, 0.2) is 7.57 Å². The fourth-order valence-electron chi connectivity index (χ4n) is 1.76. The molecule has 0 saturated carbocycles. The van der Waals surface area contributed by atoms with Gasteiger partial charge in [-0.05, 0) is 12.8 Å². The van der Waals surface area contributed by atoms with Gasteiger partial charge in [-0.2, -0.15) is 0 Å². The van der Waals surface area contributed by atoms with Crippen LogP contribution < -0.4 is 5.09 Å². The molecule has 2 unspecified atom stereocenters. The lowest BCUT2D eigenvalue weighted by Gasteiger charge is -2.23. The van der Waals surface area contributed by atoms with E-state index < -0.39 is 19.3 Å². The third-order valence-electron chi connectivity index (χ3n) is 2.40. The van der Waals surface area contributed by atoms with Gasteiger partial charge in [0.25, 0.3) is 0 Å². The van der Waals surface area contributed by atoms with Crippen LogP contribution in [0.4, 0.5) is 0 Å². The summed E-state index contributed by atoms with van der Waals surface area (Å²) in [6.45, 7) is 1.78. The highest BCUT2D eigenvalue weighted by molar-refractivity contribution is 7.85. The van der Waals surface area contributed by atoms with Crippen molar-refractivity contribution in [2.75, 3.05) is 12.8 Å². The third kappa shape index (κ3) is 3.95. The largest absolute Gasteiger partial charge is 0.394 e. The van der Waals surface area contributed by atoms with E-state index in [0.29, 0.717) is 12.6 Å². The van der Waals surface area contributed by atoms with Gasteiger partial charge < -0.3 is 14.4 Å². The Bertz CT molecular complexity index is 254. The van der Waals surface area contributed by atoms with Crippen molar-refractivity contribution >= 4 is 22.6 Å². The molecule has 1 heterocycles. The zero-order valence-electron chi connectivity index (χ0n) is 8.93. The second-order valence-corrected chi connectivity index (χ2v) is 6.18. The summed E-state index contributed by atoms with van der Waals surface area (Å²) in [5, 5.41) is 11.9. The van der Waals surface area contributed by atoms with Crippen LogP contribution in [0, 0.1) is 0 Å². The molecule has 2 N–H and O–H groups in total. The Morgan fingerprint density at radius 1 is 1.67 bits per heavy atom. The molecule has 0 bridgehead atoms. The molecule has 0 amide bonds. The van der Waals surface area contributed by atoms with E-state index in [0.717, 1.165) is 6.42 Å². The van der Waals surface area contributed by atoms with Crippen LogP contribution in [0.3, 0.4) is 0 Å². The average molecular weight is 227 g/mol. The van der Waals surface area contributed by atoms with E-state index >= 15 is 0 Å². The number of nitrogens with one attached hydrogen (secondary N) is 1. The standard InChI is InChI=1S/C8H16B2NO3P/c1-2-3-15(10,13)11-6-4-8(9)14-7(6)5-12/h6-8,12H,2-5H2,1H3,(H,11,13)/t6-,7?,8-,15?/m1/s1. The Kier molecular flexibility index (Phi) is 4.91. The van der Waals surface area contributed by atoms with Crippen molar-refractivity contribution in [3.63, 3.8) is 0 Å². The van der Waals surface area contributed by atoms with E-state index in [1.165, 1.54) is 0 Å². The van der Waals surface area contributed by atoms with Crippen LogP contribution in [0.2, 0.25) is 0 Å². The van der Waals surface area contributed by atoms with Gasteiger partial charge in [0.2, 0.25) is 0 Å². The summed E-state index contributed by atoms with van der Waals surface area (Å²) in [5.74, 6) is 0. The van der Waals surface area contributed by atoms with E-state index in [1.54, 1.807) is 0 Å². The van der Waals surface area contributed by atoms with Gasteiger partial charge in [-0.3, -0.25) is 5.09 Å². The monoisotopic (exact) mass is 227 g/mol. The Labute approximate surface area is 93.4 Å². The molecule has 0 spiro atoms. The molecule has 15 heavy (non-hydrogen) atoms. The molecule has 1 saturated heterocycles. The fraction of sp³-hybridized carbons (Fsp3) is 1.00. The Morgan fingerprint density at radius 2 is 2.33 bits per heavy atom. The number of aliphatic hydroxyl groups excluding tert-OH is 1. The molecule has 4 atom stereocenters. The summed E-state index contributed by atoms with van der Waals surface area (Å²) >= 11 is 0. The van der Waals surface area contributed by atoms with Gasteiger partial charge in [0.05, 0.1) is 19.9 Å². The SMILES string of the molecule is [B][C@H]1C[C@@H](NP([B])(=O)CCC)C(CO)O1. The van der Waals surface area contributed by atoms with Crippen LogP contribution in [0.5, 0.6) is 0 Å². The Hall–Kier alpha value is 0.240. The molecule has 1 rings (SSSR count). The maximum atomic E-state index is 11.8. The van der Waals surface area contributed by atoms with Gasteiger partial charge in [-0.1, -0.05) is 6.92 Å². The summed E-state index contributed by atoms with van der Waals surface area (Å²) < 4.78 is 17.1. The van der Waals surface area contributed by atoms with Crippen molar-refractivity contribution in [1.29, 1.82) is 0 Å². The average Bonchev–Trinajstić information content (AvgIpc) is 2.44. The number of ether oxygens (including phenoxy) is 1. The molecule has 0 aromatic heterocycles. The molecule has 0 aromatic carbocycles. The van der Waals surface area contributed by atoms with Gasteiger partial charge >= 0.3 is 0 Å². The Balaban J connectivity index is 2.53. The molecular formula is C8H16B2NO3P. The minimum atomic E-state index is -2.82. The predicted molar refractivity (Wildman–Crippen MR) is 61.6 cm³/mol. The van der Waals surface area contributed by atoms with E-state index in [9.17, 15) is 4.57 Å². The molecule has 0 aliphatic carbocycles. The van der Waals surface area contributed by atoms with E-state index in [4.69, 9.17) is 25.3 Å². The first-order valence-electron chi connectivity index (χ1n) is 5.16. The lowest BCUT2D eigenvalue weighted by molar-refractivity contribution is 0.0360. The number of hydrogen-bond acceptors (Lipinski definition) is 3. The van der Waals surface area contributed by atoms with Gasteiger partial charge in [0.1, 0.15) is 7.85 Å². The summed E-state index contributed by atoms with van der Waals surface area (Å²) in [5.41, 5.74) is 0. The quantitative estimate of drug-likeness (QED) is 0.512. The highest BCUT2D eigenvalue weighted by Gasteiger charge is 2.34. The van der Waals surface area contributed by atoms with Crippen LogP contribution >= 0.6 is 7.17 Å². The lowest BCUT2D eigenvalue weighted by Crippen LogP contribution is -2.37. The van der Waals surface area contributed by atoms with Crippen molar-refractivity contribution in [3.05, 3.63) is 0 Å². The molecule has 1 aliphatic heterocycles. The highest BCUT2D eigenvalue weighted by atomic mass is 31.2. The first-order valence-corrected chi connectivity index (χ1v) is 7.12. The topological polar surface area (TPSA) is 58.6 Å². The van der Waals surface area contributed by atoms with Crippen LogP contribution in [0.15, 0.2) is 0 Å². The lowest BCUT2D eigenvalue weighted by atomic mass is 9.95. The smallest absolute Gasteiger partial charge is 0.185 e. The third-order valence-corrected chi connectivity index (χ3v) is 4.28. The van der Waals surface area contributed by atoms with Crippen LogP contribution in [-0.2, 0) is 9.30 Å². The molecule has 7 heteroatoms. The molecule has 82 valence electrons. The van der Waals surface area contributed by atoms with Crippen LogP contribution in [0.1, 0.15) is 19.8 Å². The normalized spacial score (nSPS) is 35.2. The van der Waals surface area contributed by atoms with E-state index in [1.807, 2.05) is 6.92 Å². The summed E-state index contributed by atoms with van der Waals surface area (Å²) in [4.78, 5) is 0. The first-order chi connectivity index (χ1) is 6.98. The predicted octanol–water partition coefficient (Wildman–Crippen LogP) is -0.00800. The number of rotatable bonds is 5. The maximum Gasteiger partial charge on any atom is 0.185 e. The van der Waals surface area contributed by atoms with Crippen molar-refractivity contribution in [2.45, 2.75) is 37.9 Å². The number of aliphatic hydroxyl groups is 1. The second-order valence-electron chi connectivity index (χ2n) is 3.89. The van der Waals surface area contributed by atoms with Crippen molar-refractivity contribution in [3.8, 4) is 0 Å². The Morgan fingerprint density at radius 3 is 2.87 bits per heavy atom. The first kappa shape index (κ1) is 13.3. The highest BCUT2D eigenvalue weighted by Crippen LogP contribution is 2.38. The van der Waals surface area contributed by atoms with Crippen molar-refractivity contribution < 1.29 is 14.4 Å². The molecule has 4 nitrogen and oxygen atoms in total. The molecule has 1 aliphatic rings. The number of hydrogen-bond donors (Lipinski definition) is 2. The second kappa shape index (κ2) is 5.53. The molecular weight excluding hydrogens is 211 g/mol. The van der Waals surface area contributed by atoms with E-state index in [2.05, 4.69) is 5.09 Å². The zero-order chi connectivity index (χ0) is 11.5. The summed E-state index contributed by atoms with van der Waals surface area (Å²) in [6, 6.07) is -0.631. The van der Waals surface area contributed by atoms with Crippen LogP contribution in [0.25, 0.3) is 0 Å².